The molecule has 3 heterocycles. The topological polar surface area (TPSA) is 39.4 Å². The SMILES string of the molecule is c1ccc(-c2ccc(-c3c4ccccc4c(-c4cccc(-c5ccc6oc7ccccc7c6c5)c4)c4ccccc34)cc2)cc1.c1ccc(-c2ccc(-c3c4ccccc4c(-c4ccccc4-c4ccc5oc6ccccc6c5c4)c4ccccc34)cc2)cc1.c1ccc(-c2ccccc2-c2c3ccccc3c(-c3ccccc3-c3cccc4oc5ccccc5c34)c3ccccc23)cc1. The van der Waals surface area contributed by atoms with E-state index in [1.54, 1.807) is 0 Å². The zero-order valence-electron chi connectivity index (χ0n) is 73.7. The number of fused-ring (bicyclic) bond motifs is 15. The number of hydrogen-bond donors (Lipinski definition) is 0. The third-order valence-corrected chi connectivity index (χ3v) is 27.3. The Morgan fingerprint density at radius 1 is 0.0963 bits per heavy atom. The van der Waals surface area contributed by atoms with E-state index in [0.29, 0.717) is 0 Å². The fourth-order valence-electron chi connectivity index (χ4n) is 21.2. The lowest BCUT2D eigenvalue weighted by Gasteiger charge is -2.21. The van der Waals surface area contributed by atoms with Crippen molar-refractivity contribution in [3.8, 4) is 134 Å². The fraction of sp³-hybridized carbons (Fsp3) is 0. The maximum atomic E-state index is 6.31. The highest BCUT2D eigenvalue weighted by molar-refractivity contribution is 6.27. The van der Waals surface area contributed by atoms with Gasteiger partial charge in [0.2, 0.25) is 0 Å². The third-order valence-electron chi connectivity index (χ3n) is 27.3. The number of hydrogen-bond acceptors (Lipinski definition) is 3. The number of rotatable bonds is 12. The lowest BCUT2D eigenvalue weighted by Crippen LogP contribution is -1.94. The van der Waals surface area contributed by atoms with Gasteiger partial charge in [-0.2, -0.15) is 0 Å². The first-order valence-corrected chi connectivity index (χ1v) is 46.3. The first kappa shape index (κ1) is 79.4. The van der Waals surface area contributed by atoms with Crippen molar-refractivity contribution in [3.05, 3.63) is 510 Å². The van der Waals surface area contributed by atoms with Crippen LogP contribution in [0.1, 0.15) is 0 Å². The van der Waals surface area contributed by atoms with Gasteiger partial charge in [0, 0.05) is 32.3 Å². The summed E-state index contributed by atoms with van der Waals surface area (Å²) in [4.78, 5) is 0. The van der Waals surface area contributed by atoms with Crippen LogP contribution in [0.15, 0.2) is 523 Å². The summed E-state index contributed by atoms with van der Waals surface area (Å²) in [5.41, 5.74) is 34.9. The predicted molar refractivity (Wildman–Crippen MR) is 571 cm³/mol. The third kappa shape index (κ3) is 14.1. The standard InChI is InChI=1S/3C44H28O/c1-2-15-29(16-3-1)30-17-4-6-19-32(30)42-35-21-8-10-23-37(35)43(38-24-11-9-22-36(38)42)33-20-7-5-18-31(33)34-26-14-28-41-44(34)39-25-12-13-27-40(39)45-41;1-2-11-29(12-3-1)30-21-23-31(24-22-30)43-36-16-4-6-18-38(36)44(39-19-7-5-17-37(39)43)34-14-10-13-32(27-34)33-25-26-42-40(28-33)35-15-8-9-20-41(35)45-42;1-2-12-29(13-3-1)30-22-24-31(25-23-30)43-36-17-6-8-19-38(36)44(39-20-9-7-18-37(39)43)35-16-5-4-14-33(35)32-26-27-42-40(28-32)34-15-10-11-21-41(34)45-42/h3*1-28H. The van der Waals surface area contributed by atoms with Crippen molar-refractivity contribution in [3.63, 3.8) is 0 Å². The van der Waals surface area contributed by atoms with E-state index in [1.807, 2.05) is 30.3 Å². The van der Waals surface area contributed by atoms with Gasteiger partial charge in [-0.05, 0) is 253 Å². The van der Waals surface area contributed by atoms with Crippen LogP contribution in [0.4, 0.5) is 0 Å². The molecule has 27 rings (SSSR count). The van der Waals surface area contributed by atoms with Crippen LogP contribution in [0.25, 0.3) is 264 Å². The van der Waals surface area contributed by atoms with Gasteiger partial charge < -0.3 is 13.3 Å². The summed E-state index contributed by atoms with van der Waals surface area (Å²) >= 11 is 0. The van der Waals surface area contributed by atoms with E-state index < -0.39 is 0 Å². The van der Waals surface area contributed by atoms with Crippen molar-refractivity contribution in [2.75, 3.05) is 0 Å². The van der Waals surface area contributed by atoms with E-state index in [-0.39, 0.29) is 0 Å². The van der Waals surface area contributed by atoms with Gasteiger partial charge in [0.25, 0.3) is 0 Å². The molecular weight excluding hydrogens is 1630 g/mol. The fourth-order valence-corrected chi connectivity index (χ4v) is 21.2. The molecule has 3 aromatic heterocycles. The van der Waals surface area contributed by atoms with Crippen molar-refractivity contribution in [1.29, 1.82) is 0 Å². The van der Waals surface area contributed by atoms with E-state index in [2.05, 4.69) is 479 Å². The van der Waals surface area contributed by atoms with Gasteiger partial charge in [-0.15, -0.1) is 0 Å². The van der Waals surface area contributed by atoms with E-state index in [1.165, 1.54) is 198 Å². The predicted octanol–water partition coefficient (Wildman–Crippen LogP) is 37.7. The van der Waals surface area contributed by atoms with Crippen LogP contribution < -0.4 is 0 Å². The summed E-state index contributed by atoms with van der Waals surface area (Å²) in [7, 11) is 0. The molecule has 0 aliphatic heterocycles. The van der Waals surface area contributed by atoms with Crippen LogP contribution in [0.2, 0.25) is 0 Å². The Bertz CT molecular complexity index is 9110. The number of para-hydroxylation sites is 3. The molecule has 3 heteroatoms. The first-order valence-electron chi connectivity index (χ1n) is 46.3. The quantitative estimate of drug-likeness (QED) is 0.114. The van der Waals surface area contributed by atoms with Gasteiger partial charge in [-0.1, -0.05) is 455 Å². The van der Waals surface area contributed by atoms with Crippen molar-refractivity contribution in [2.24, 2.45) is 0 Å². The molecule has 135 heavy (non-hydrogen) atoms. The van der Waals surface area contributed by atoms with Gasteiger partial charge in [-0.3, -0.25) is 0 Å². The van der Waals surface area contributed by atoms with Crippen molar-refractivity contribution in [1.82, 2.24) is 0 Å². The average Bonchev–Trinajstić information content (AvgIpc) is 1.67. The number of benzene rings is 24. The molecule has 0 unspecified atom stereocenters. The second-order valence-electron chi connectivity index (χ2n) is 34.9. The smallest absolute Gasteiger partial charge is 0.136 e. The number of furan rings is 3. The van der Waals surface area contributed by atoms with E-state index in [4.69, 9.17) is 13.3 Å². The molecule has 27 aromatic rings. The van der Waals surface area contributed by atoms with Gasteiger partial charge in [0.05, 0.1) is 0 Å². The van der Waals surface area contributed by atoms with Crippen LogP contribution in [-0.4, -0.2) is 0 Å². The highest BCUT2D eigenvalue weighted by Gasteiger charge is 2.26. The summed E-state index contributed by atoms with van der Waals surface area (Å²) in [6.45, 7) is 0. The van der Waals surface area contributed by atoms with E-state index in [0.717, 1.165) is 65.8 Å². The molecule has 0 bridgehead atoms. The minimum absolute atomic E-state index is 0.908. The van der Waals surface area contributed by atoms with Crippen LogP contribution in [0.3, 0.4) is 0 Å². The monoisotopic (exact) mass is 1720 g/mol. The van der Waals surface area contributed by atoms with Crippen LogP contribution in [-0.2, 0) is 0 Å². The maximum Gasteiger partial charge on any atom is 0.136 e. The summed E-state index contributed by atoms with van der Waals surface area (Å²) in [6.07, 6.45) is 0. The van der Waals surface area contributed by atoms with Gasteiger partial charge in [0.15, 0.2) is 0 Å². The van der Waals surface area contributed by atoms with Crippen LogP contribution in [0.5, 0.6) is 0 Å². The normalized spacial score (nSPS) is 11.6. The highest BCUT2D eigenvalue weighted by atomic mass is 16.3. The van der Waals surface area contributed by atoms with Crippen LogP contribution >= 0.6 is 0 Å². The minimum atomic E-state index is 0.908. The molecule has 0 radical (unpaired) electrons. The van der Waals surface area contributed by atoms with Gasteiger partial charge in [-0.25, -0.2) is 0 Å². The Balaban J connectivity index is 0.000000108. The Labute approximate surface area is 781 Å². The average molecular weight is 1720 g/mol. The Hall–Kier alpha value is -17.8. The molecule has 0 saturated heterocycles. The molecular formula is C132H84O3. The molecule has 630 valence electrons. The molecule has 0 atom stereocenters. The largest absolute Gasteiger partial charge is 0.456 e. The molecule has 0 fully saturated rings. The molecule has 0 aliphatic rings. The summed E-state index contributed by atoms with van der Waals surface area (Å²) in [5, 5.41) is 21.9. The van der Waals surface area contributed by atoms with Crippen molar-refractivity contribution in [2.45, 2.75) is 0 Å². The lowest BCUT2D eigenvalue weighted by atomic mass is 9.82. The summed E-state index contributed by atoms with van der Waals surface area (Å²) < 4.78 is 18.6. The Morgan fingerprint density at radius 2 is 0.326 bits per heavy atom. The van der Waals surface area contributed by atoms with Gasteiger partial charge >= 0.3 is 0 Å². The zero-order chi connectivity index (χ0) is 89.2. The lowest BCUT2D eigenvalue weighted by molar-refractivity contribution is 0.668. The summed E-state index contributed by atoms with van der Waals surface area (Å²) in [6, 6.07) is 183. The molecule has 0 amide bonds. The Morgan fingerprint density at radius 3 is 0.748 bits per heavy atom. The molecule has 0 spiro atoms. The van der Waals surface area contributed by atoms with Crippen molar-refractivity contribution >= 4 is 130 Å². The van der Waals surface area contributed by atoms with E-state index >= 15 is 0 Å². The zero-order valence-corrected chi connectivity index (χ0v) is 73.7. The molecule has 0 saturated carbocycles. The molecule has 0 N–H and O–H groups in total. The first-order chi connectivity index (χ1) is 67.0. The Kier molecular flexibility index (Phi) is 20.0. The minimum Gasteiger partial charge on any atom is -0.456 e. The summed E-state index contributed by atoms with van der Waals surface area (Å²) in [5.74, 6) is 0. The highest BCUT2D eigenvalue weighted by Crippen LogP contribution is 2.53. The maximum absolute atomic E-state index is 6.31. The second kappa shape index (κ2) is 33.9. The van der Waals surface area contributed by atoms with Gasteiger partial charge in [0.1, 0.15) is 33.5 Å². The second-order valence-corrected chi connectivity index (χ2v) is 34.9. The molecule has 24 aromatic carbocycles. The molecule has 0 aliphatic carbocycles. The molecule has 3 nitrogen and oxygen atoms in total. The van der Waals surface area contributed by atoms with E-state index in [9.17, 15) is 0 Å². The van der Waals surface area contributed by atoms with Crippen molar-refractivity contribution < 1.29 is 13.3 Å². The van der Waals surface area contributed by atoms with Crippen LogP contribution in [0, 0.1) is 0 Å².